The van der Waals surface area contributed by atoms with Crippen molar-refractivity contribution < 1.29 is 28.6 Å². The molecule has 2 atom stereocenters. The summed E-state index contributed by atoms with van der Waals surface area (Å²) in [5.74, 6) is 0.821. The van der Waals surface area contributed by atoms with E-state index >= 15 is 0 Å². The van der Waals surface area contributed by atoms with Crippen LogP contribution >= 0.6 is 0 Å². The Morgan fingerprint density at radius 3 is 2.73 bits per heavy atom. The highest BCUT2D eigenvalue weighted by Gasteiger charge is 2.27. The molecule has 48 heavy (non-hydrogen) atoms. The number of Topliss-reactive ketones (excluding diaryl/α,β-unsaturated/α-hetero) is 1. The van der Waals surface area contributed by atoms with E-state index in [0.29, 0.717) is 18.0 Å². The van der Waals surface area contributed by atoms with Gasteiger partial charge in [0, 0.05) is 24.8 Å². The van der Waals surface area contributed by atoms with E-state index in [1.165, 1.54) is 7.11 Å². The summed E-state index contributed by atoms with van der Waals surface area (Å²) in [7, 11) is 1.29. The number of imidazole rings is 1. The van der Waals surface area contributed by atoms with Crippen molar-refractivity contribution >= 4 is 45.6 Å². The third kappa shape index (κ3) is 7.88. The number of H-pyrrole nitrogens is 1. The highest BCUT2D eigenvalue weighted by atomic mass is 16.5. The van der Waals surface area contributed by atoms with Gasteiger partial charge in [-0.1, -0.05) is 54.6 Å². The number of nitrogens with zero attached hydrogens (tertiary/aromatic N) is 4. The van der Waals surface area contributed by atoms with Gasteiger partial charge in [0.1, 0.15) is 30.8 Å². The van der Waals surface area contributed by atoms with Crippen molar-refractivity contribution in [3.63, 3.8) is 0 Å². The van der Waals surface area contributed by atoms with Crippen LogP contribution in [0.3, 0.4) is 0 Å². The number of methoxy groups -OCH3 is 1. The second-order valence-electron chi connectivity index (χ2n) is 11.8. The Kier molecular flexibility index (Phi) is 10.4. The van der Waals surface area contributed by atoms with Crippen LogP contribution in [0.25, 0.3) is 21.9 Å². The predicted octanol–water partition coefficient (Wildman–Crippen LogP) is 5.30. The molecule has 1 aliphatic heterocycles. The van der Waals surface area contributed by atoms with Gasteiger partial charge in [-0.05, 0) is 54.3 Å². The van der Waals surface area contributed by atoms with Crippen molar-refractivity contribution in [2.24, 2.45) is 0 Å². The summed E-state index contributed by atoms with van der Waals surface area (Å²) in [5.41, 5.74) is 3.02. The van der Waals surface area contributed by atoms with E-state index in [4.69, 9.17) is 14.2 Å². The van der Waals surface area contributed by atoms with E-state index in [2.05, 4.69) is 30.2 Å². The van der Waals surface area contributed by atoms with Gasteiger partial charge in [-0.25, -0.2) is 19.7 Å². The fraction of sp³-hybridized carbons (Fsp3) is 0.333. The molecule has 12 heteroatoms. The molecular formula is C36H38N6O6. The number of fused-ring (bicyclic) bond motifs is 2. The zero-order chi connectivity index (χ0) is 33.3. The van der Waals surface area contributed by atoms with Gasteiger partial charge in [0.2, 0.25) is 0 Å². The summed E-state index contributed by atoms with van der Waals surface area (Å²) < 4.78 is 16.6. The Morgan fingerprint density at radius 1 is 1.00 bits per heavy atom. The lowest BCUT2D eigenvalue weighted by Gasteiger charge is -2.36. The summed E-state index contributed by atoms with van der Waals surface area (Å²) in [6, 6.07) is 20.1. The van der Waals surface area contributed by atoms with Gasteiger partial charge in [0.15, 0.2) is 17.2 Å². The number of carbonyl (C=O) groups excluding carboxylic acids is 3. The number of aromatic nitrogens is 4. The zero-order valence-corrected chi connectivity index (χ0v) is 26.8. The maximum Gasteiger partial charge on any atom is 0.408 e. The molecule has 2 N–H and O–H groups in total. The molecule has 0 bridgehead atoms. The van der Waals surface area contributed by atoms with E-state index < -0.39 is 18.1 Å². The molecule has 1 fully saturated rings. The molecule has 0 radical (unpaired) electrons. The van der Waals surface area contributed by atoms with Crippen LogP contribution in [0, 0.1) is 0 Å². The number of carbonyl (C=O) groups is 3. The Bertz CT molecular complexity index is 1880. The Balaban J connectivity index is 1.15. The molecule has 0 saturated carbocycles. The van der Waals surface area contributed by atoms with Crippen molar-refractivity contribution in [2.75, 3.05) is 25.2 Å². The lowest BCUT2D eigenvalue weighted by Crippen LogP contribution is -2.44. The summed E-state index contributed by atoms with van der Waals surface area (Å²) in [4.78, 5) is 56.7. The van der Waals surface area contributed by atoms with E-state index in [1.807, 2.05) is 66.7 Å². The summed E-state index contributed by atoms with van der Waals surface area (Å²) in [5, 5.41) is 4.51. The minimum atomic E-state index is -0.935. The fourth-order valence-electron chi connectivity index (χ4n) is 6.04. The number of benzene rings is 3. The van der Waals surface area contributed by atoms with Gasteiger partial charge in [-0.3, -0.25) is 9.59 Å². The molecule has 248 valence electrons. The van der Waals surface area contributed by atoms with Crippen LogP contribution in [-0.4, -0.2) is 70.1 Å². The maximum atomic E-state index is 13.5. The normalized spacial score (nSPS) is 15.2. The molecule has 12 nitrogen and oxygen atoms in total. The molecule has 3 aromatic carbocycles. The van der Waals surface area contributed by atoms with Gasteiger partial charge >= 0.3 is 12.1 Å². The topological polar surface area (TPSA) is 149 Å². The average Bonchev–Trinajstić information content (AvgIpc) is 3.61. The van der Waals surface area contributed by atoms with Crippen molar-refractivity contribution in [1.29, 1.82) is 0 Å². The number of hydrogen-bond donors (Lipinski definition) is 2. The minimum absolute atomic E-state index is 0.0271. The van der Waals surface area contributed by atoms with Crippen molar-refractivity contribution in [2.45, 2.75) is 57.2 Å². The molecule has 5 aromatic rings. The first-order valence-corrected chi connectivity index (χ1v) is 16.1. The Hall–Kier alpha value is -5.52. The first-order valence-electron chi connectivity index (χ1n) is 16.1. The SMILES string of the molecule is COC(=O)CC[C@H](NC(=O)OCc1ccccc1)C(=O)Cc1ccc2cccc(OC[C@H]3CCCCN3c3ncnc4nc[nH]c34)c2c1. The number of anilines is 1. The maximum absolute atomic E-state index is 13.5. The number of esters is 1. The molecule has 3 heterocycles. The first kappa shape index (κ1) is 32.4. The number of hydrogen-bond acceptors (Lipinski definition) is 10. The average molecular weight is 651 g/mol. The third-order valence-electron chi connectivity index (χ3n) is 8.58. The zero-order valence-electron chi connectivity index (χ0n) is 26.8. The molecule has 1 aliphatic rings. The molecule has 1 amide bonds. The van der Waals surface area contributed by atoms with Crippen LogP contribution in [0.1, 0.15) is 43.2 Å². The summed E-state index contributed by atoms with van der Waals surface area (Å²) in [6.07, 6.45) is 5.65. The van der Waals surface area contributed by atoms with Crippen LogP contribution < -0.4 is 15.0 Å². The highest BCUT2D eigenvalue weighted by molar-refractivity contribution is 5.93. The number of piperidine rings is 1. The quantitative estimate of drug-likeness (QED) is 0.161. The molecule has 0 aliphatic carbocycles. The van der Waals surface area contributed by atoms with Crippen LogP contribution in [0.5, 0.6) is 5.75 Å². The smallest absolute Gasteiger partial charge is 0.408 e. The van der Waals surface area contributed by atoms with Gasteiger partial charge < -0.3 is 29.4 Å². The number of rotatable bonds is 13. The lowest BCUT2D eigenvalue weighted by atomic mass is 9.98. The van der Waals surface area contributed by atoms with Crippen molar-refractivity contribution in [3.8, 4) is 5.75 Å². The van der Waals surface area contributed by atoms with Crippen LogP contribution in [0.4, 0.5) is 10.6 Å². The number of aromatic amines is 1. The molecule has 1 saturated heterocycles. The number of ether oxygens (including phenoxy) is 3. The second-order valence-corrected chi connectivity index (χ2v) is 11.8. The third-order valence-corrected chi connectivity index (χ3v) is 8.58. The highest BCUT2D eigenvalue weighted by Crippen LogP contribution is 2.31. The van der Waals surface area contributed by atoms with E-state index in [9.17, 15) is 14.4 Å². The second kappa shape index (κ2) is 15.4. The molecule has 2 aromatic heterocycles. The molecule has 0 unspecified atom stereocenters. The summed E-state index contributed by atoms with van der Waals surface area (Å²) in [6.45, 7) is 1.36. The Morgan fingerprint density at radius 2 is 1.88 bits per heavy atom. The van der Waals surface area contributed by atoms with Crippen molar-refractivity contribution in [1.82, 2.24) is 25.3 Å². The fourth-order valence-corrected chi connectivity index (χ4v) is 6.04. The molecule has 6 rings (SSSR count). The number of ketones is 1. The van der Waals surface area contributed by atoms with Gasteiger partial charge in [-0.15, -0.1) is 0 Å². The monoisotopic (exact) mass is 650 g/mol. The van der Waals surface area contributed by atoms with Crippen LogP contribution in [0.2, 0.25) is 0 Å². The standard InChI is InChI=1S/C36H38N6O6/c1-46-32(44)16-15-29(41-36(45)48-20-24-8-3-2-4-9-24)30(43)19-25-13-14-26-10-7-12-31(28(26)18-25)47-21-27-11-5-6-17-42(27)35-33-34(38-22-37-33)39-23-40-35/h2-4,7-10,12-14,18,22-23,27,29H,5-6,11,15-17,19-21H2,1H3,(H,41,45)(H,37,38,39,40)/t27-,29+/m1/s1. The molecular weight excluding hydrogens is 612 g/mol. The number of alkyl carbamates (subject to hydrolysis) is 1. The van der Waals surface area contributed by atoms with Crippen LogP contribution in [-0.2, 0) is 32.1 Å². The largest absolute Gasteiger partial charge is 0.491 e. The predicted molar refractivity (Wildman–Crippen MR) is 180 cm³/mol. The summed E-state index contributed by atoms with van der Waals surface area (Å²) >= 11 is 0. The van der Waals surface area contributed by atoms with Crippen molar-refractivity contribution in [3.05, 3.63) is 90.5 Å². The van der Waals surface area contributed by atoms with E-state index in [-0.39, 0.29) is 37.7 Å². The van der Waals surface area contributed by atoms with E-state index in [0.717, 1.165) is 59.0 Å². The van der Waals surface area contributed by atoms with Gasteiger partial charge in [-0.2, -0.15) is 0 Å². The van der Waals surface area contributed by atoms with Gasteiger partial charge in [0.25, 0.3) is 0 Å². The van der Waals surface area contributed by atoms with Crippen LogP contribution in [0.15, 0.2) is 79.4 Å². The minimum Gasteiger partial charge on any atom is -0.491 e. The molecule has 0 spiro atoms. The number of amides is 1. The van der Waals surface area contributed by atoms with E-state index in [1.54, 1.807) is 12.7 Å². The Labute approximate surface area is 277 Å². The first-order chi connectivity index (χ1) is 23.5. The van der Waals surface area contributed by atoms with Gasteiger partial charge in [0.05, 0.1) is 25.5 Å². The number of nitrogens with one attached hydrogen (secondary N) is 2. The lowest BCUT2D eigenvalue weighted by molar-refractivity contribution is -0.140.